The van der Waals surface area contributed by atoms with Gasteiger partial charge >= 0.3 is 6.09 Å². The zero-order valence-corrected chi connectivity index (χ0v) is 18.4. The fourth-order valence-corrected chi connectivity index (χ4v) is 3.28. The first-order valence-corrected chi connectivity index (χ1v) is 10.2. The van der Waals surface area contributed by atoms with Crippen molar-refractivity contribution in [1.29, 1.82) is 0 Å². The standard InChI is InChI=1S/C21H26FN7O4/c1-4-33-10-16(11(2)25-21(31)32)27-20-15(22)8-14(18(23)30)19(28-20)26-13-5-6-17-12(7-13)9-24-29(17)3/h5-9,11,16,25H,4,10H2,1-3H3,(H2,23,30)(H,31,32)(H2,26,27,28)/t11-,16+/m0/s1. The van der Waals surface area contributed by atoms with Gasteiger partial charge in [0.2, 0.25) is 0 Å². The number of primary amides is 1. The Morgan fingerprint density at radius 1 is 1.30 bits per heavy atom. The monoisotopic (exact) mass is 459 g/mol. The number of rotatable bonds is 10. The number of hydrogen-bond donors (Lipinski definition) is 5. The van der Waals surface area contributed by atoms with Gasteiger partial charge in [0.25, 0.3) is 5.91 Å². The van der Waals surface area contributed by atoms with Crippen LogP contribution in [0.1, 0.15) is 24.2 Å². The molecule has 1 aromatic carbocycles. The van der Waals surface area contributed by atoms with E-state index in [1.54, 1.807) is 30.8 Å². The summed E-state index contributed by atoms with van der Waals surface area (Å²) in [5.41, 5.74) is 6.80. The van der Waals surface area contributed by atoms with E-state index < -0.39 is 29.9 Å². The summed E-state index contributed by atoms with van der Waals surface area (Å²) in [6.45, 7) is 3.88. The highest BCUT2D eigenvalue weighted by molar-refractivity contribution is 5.99. The lowest BCUT2D eigenvalue weighted by atomic mass is 10.1. The number of nitrogens with zero attached hydrogens (tertiary/aromatic N) is 3. The molecule has 3 aromatic rings. The minimum atomic E-state index is -1.23. The van der Waals surface area contributed by atoms with E-state index in [0.29, 0.717) is 12.3 Å². The van der Waals surface area contributed by atoms with Gasteiger partial charge < -0.3 is 31.5 Å². The molecule has 11 nitrogen and oxygen atoms in total. The number of carboxylic acid groups (broad SMARTS) is 1. The highest BCUT2D eigenvalue weighted by Gasteiger charge is 2.23. The molecule has 176 valence electrons. The van der Waals surface area contributed by atoms with Crippen LogP contribution in [0.5, 0.6) is 0 Å². The molecule has 3 rings (SSSR count). The van der Waals surface area contributed by atoms with Crippen LogP contribution in [-0.4, -0.2) is 57.2 Å². The molecule has 2 heterocycles. The molecule has 6 N–H and O–H groups in total. The molecule has 2 aromatic heterocycles. The predicted molar refractivity (Wildman–Crippen MR) is 121 cm³/mol. The van der Waals surface area contributed by atoms with E-state index in [4.69, 9.17) is 15.6 Å². The molecule has 2 amide bonds. The molecule has 0 saturated heterocycles. The summed E-state index contributed by atoms with van der Waals surface area (Å²) in [7, 11) is 1.82. The van der Waals surface area contributed by atoms with E-state index in [1.165, 1.54) is 0 Å². The maximum atomic E-state index is 14.8. The SMILES string of the molecule is CCOC[C@@H](Nc1nc(Nc2ccc3c(cnn3C)c2)c(C(N)=O)cc1F)[C@H](C)NC(=O)O. The Bertz CT molecular complexity index is 1170. The number of carbonyl (C=O) groups is 2. The molecular weight excluding hydrogens is 433 g/mol. The number of ether oxygens (including phenoxy) is 1. The first-order valence-electron chi connectivity index (χ1n) is 10.2. The number of benzene rings is 1. The van der Waals surface area contributed by atoms with Crippen LogP contribution >= 0.6 is 0 Å². The van der Waals surface area contributed by atoms with Crippen LogP contribution in [0.4, 0.5) is 26.5 Å². The van der Waals surface area contributed by atoms with Crippen LogP contribution in [-0.2, 0) is 11.8 Å². The maximum Gasteiger partial charge on any atom is 0.404 e. The summed E-state index contributed by atoms with van der Waals surface area (Å²) in [6, 6.07) is 5.13. The molecule has 0 aliphatic carbocycles. The molecule has 2 atom stereocenters. The highest BCUT2D eigenvalue weighted by atomic mass is 19.1. The predicted octanol–water partition coefficient (Wildman–Crippen LogP) is 2.42. The van der Waals surface area contributed by atoms with E-state index in [0.717, 1.165) is 17.0 Å². The molecule has 0 radical (unpaired) electrons. The van der Waals surface area contributed by atoms with Crippen molar-refractivity contribution in [2.75, 3.05) is 23.8 Å². The Morgan fingerprint density at radius 2 is 2.06 bits per heavy atom. The summed E-state index contributed by atoms with van der Waals surface area (Å²) >= 11 is 0. The first kappa shape index (κ1) is 23.7. The lowest BCUT2D eigenvalue weighted by molar-refractivity contribution is 0.1000. The van der Waals surface area contributed by atoms with Crippen molar-refractivity contribution >= 4 is 40.2 Å². The number of halogens is 1. The zero-order chi connectivity index (χ0) is 24.1. The first-order chi connectivity index (χ1) is 15.7. The van der Waals surface area contributed by atoms with Gasteiger partial charge in [-0.15, -0.1) is 0 Å². The molecule has 0 saturated carbocycles. The molecule has 0 aliphatic rings. The van der Waals surface area contributed by atoms with Gasteiger partial charge in [0, 0.05) is 24.7 Å². The van der Waals surface area contributed by atoms with Crippen LogP contribution in [0, 0.1) is 5.82 Å². The molecule has 0 fully saturated rings. The molecule has 12 heteroatoms. The van der Waals surface area contributed by atoms with Gasteiger partial charge in [-0.25, -0.2) is 14.2 Å². The van der Waals surface area contributed by atoms with Crippen LogP contribution in [0.15, 0.2) is 30.5 Å². The molecule has 0 aliphatic heterocycles. The van der Waals surface area contributed by atoms with E-state index in [9.17, 15) is 14.0 Å². The molecule has 0 spiro atoms. The van der Waals surface area contributed by atoms with Gasteiger partial charge in [0.1, 0.15) is 5.82 Å². The maximum absolute atomic E-state index is 14.8. The lowest BCUT2D eigenvalue weighted by Gasteiger charge is -2.26. The fourth-order valence-electron chi connectivity index (χ4n) is 3.28. The number of carbonyl (C=O) groups excluding carboxylic acids is 1. The summed E-state index contributed by atoms with van der Waals surface area (Å²) in [5, 5.41) is 22.3. The van der Waals surface area contributed by atoms with E-state index in [1.807, 2.05) is 19.2 Å². The van der Waals surface area contributed by atoms with Crippen molar-refractivity contribution in [3.05, 3.63) is 41.8 Å². The number of aryl methyl sites for hydroxylation is 1. The van der Waals surface area contributed by atoms with E-state index >= 15 is 0 Å². The molecule has 0 unspecified atom stereocenters. The van der Waals surface area contributed by atoms with Crippen LogP contribution < -0.4 is 21.7 Å². The number of pyridine rings is 1. The largest absolute Gasteiger partial charge is 0.465 e. The fraction of sp³-hybridized carbons (Fsp3) is 0.333. The van der Waals surface area contributed by atoms with Crippen molar-refractivity contribution in [2.45, 2.75) is 25.9 Å². The van der Waals surface area contributed by atoms with Gasteiger partial charge in [0.05, 0.1) is 36.0 Å². The lowest BCUT2D eigenvalue weighted by Crippen LogP contribution is -2.47. The number of nitrogens with two attached hydrogens (primary N) is 1. The Morgan fingerprint density at radius 3 is 2.73 bits per heavy atom. The van der Waals surface area contributed by atoms with Crippen molar-refractivity contribution in [2.24, 2.45) is 12.8 Å². The van der Waals surface area contributed by atoms with Crippen molar-refractivity contribution in [3.8, 4) is 0 Å². The van der Waals surface area contributed by atoms with E-state index in [2.05, 4.69) is 26.0 Å². The summed E-state index contributed by atoms with van der Waals surface area (Å²) in [4.78, 5) is 27.2. The third-order valence-electron chi connectivity index (χ3n) is 5.03. The third-order valence-corrected chi connectivity index (χ3v) is 5.03. The number of hydrogen-bond acceptors (Lipinski definition) is 7. The summed E-state index contributed by atoms with van der Waals surface area (Å²) in [5.74, 6) is -1.82. The normalized spacial score (nSPS) is 12.8. The molecule has 0 bridgehead atoms. The molecule has 33 heavy (non-hydrogen) atoms. The number of nitrogens with one attached hydrogen (secondary N) is 3. The smallest absolute Gasteiger partial charge is 0.404 e. The van der Waals surface area contributed by atoms with Crippen molar-refractivity contribution < 1.29 is 23.8 Å². The topological polar surface area (TPSA) is 156 Å². The summed E-state index contributed by atoms with van der Waals surface area (Å²) < 4.78 is 21.9. The highest BCUT2D eigenvalue weighted by Crippen LogP contribution is 2.26. The minimum absolute atomic E-state index is 0.0450. The van der Waals surface area contributed by atoms with E-state index in [-0.39, 0.29) is 23.8 Å². The Labute approximate surface area is 189 Å². The van der Waals surface area contributed by atoms with Gasteiger partial charge in [-0.1, -0.05) is 0 Å². The zero-order valence-electron chi connectivity index (χ0n) is 18.4. The van der Waals surface area contributed by atoms with Crippen molar-refractivity contribution in [1.82, 2.24) is 20.1 Å². The third kappa shape index (κ3) is 5.66. The molecular formula is C21H26FN7O4. The Balaban J connectivity index is 1.94. The van der Waals surface area contributed by atoms with Crippen LogP contribution in [0.3, 0.4) is 0 Å². The quantitative estimate of drug-likeness (QED) is 0.309. The van der Waals surface area contributed by atoms with Gasteiger partial charge in [-0.05, 0) is 38.1 Å². The number of amides is 2. The van der Waals surface area contributed by atoms with Crippen molar-refractivity contribution in [3.63, 3.8) is 0 Å². The second-order valence-corrected chi connectivity index (χ2v) is 7.39. The minimum Gasteiger partial charge on any atom is -0.465 e. The number of fused-ring (bicyclic) bond motifs is 1. The average Bonchev–Trinajstić information content (AvgIpc) is 3.12. The number of aromatic nitrogens is 3. The average molecular weight is 459 g/mol. The van der Waals surface area contributed by atoms with Gasteiger partial charge in [-0.3, -0.25) is 9.48 Å². The number of anilines is 3. The van der Waals surface area contributed by atoms with Gasteiger partial charge in [0.15, 0.2) is 11.6 Å². The van der Waals surface area contributed by atoms with Gasteiger partial charge in [-0.2, -0.15) is 5.10 Å². The van der Waals surface area contributed by atoms with Crippen LogP contribution in [0.2, 0.25) is 0 Å². The Kier molecular flexibility index (Phi) is 7.28. The van der Waals surface area contributed by atoms with Crippen LogP contribution in [0.25, 0.3) is 10.9 Å². The second-order valence-electron chi connectivity index (χ2n) is 7.39. The second kappa shape index (κ2) is 10.1. The Hall–Kier alpha value is -3.93. The summed E-state index contributed by atoms with van der Waals surface area (Å²) in [6.07, 6.45) is 0.465.